The molecule has 1 aromatic rings. The van der Waals surface area contributed by atoms with Crippen LogP contribution < -0.4 is 4.74 Å². The summed E-state index contributed by atoms with van der Waals surface area (Å²) in [4.78, 5) is 0. The Hall–Kier alpha value is -1.62. The molecule has 0 amide bonds. The highest BCUT2D eigenvalue weighted by Crippen LogP contribution is 2.24. The van der Waals surface area contributed by atoms with Crippen LogP contribution >= 0.6 is 0 Å². The summed E-state index contributed by atoms with van der Waals surface area (Å²) in [5.74, 6) is 0.510. The minimum Gasteiger partial charge on any atom is -0.498 e. The zero-order chi connectivity index (χ0) is 11.8. The lowest BCUT2D eigenvalue weighted by Gasteiger charge is -2.15. The molecule has 1 atom stereocenters. The molecule has 0 radical (unpaired) electrons. The Balaban J connectivity index is 2.56. The molecule has 0 fully saturated rings. The molecule has 1 unspecified atom stereocenters. The molecular weight excluding hydrogens is 200 g/mol. The zero-order valence-electron chi connectivity index (χ0n) is 9.86. The van der Waals surface area contributed by atoms with Crippen molar-refractivity contribution in [3.63, 3.8) is 0 Å². The molecule has 1 aromatic carbocycles. The van der Waals surface area contributed by atoms with Crippen LogP contribution in [0.5, 0.6) is 11.5 Å². The standard InChI is InChI=1S/C14H18O2/c1-3-5-6-9-12(4-2)16-14-11-8-7-10-13(14)15/h5-6,8,11-12,15H,3-4,9H2,1-2H3/b6-5-. The number of ether oxygens (including phenoxy) is 1. The Bertz CT molecular complexity index is 331. The van der Waals surface area contributed by atoms with E-state index in [2.05, 4.69) is 38.1 Å². The SMILES string of the molecule is CC/C=C\CC(CC)Oc1ccc#cc1O. The van der Waals surface area contributed by atoms with Gasteiger partial charge >= 0.3 is 0 Å². The Kier molecular flexibility index (Phi) is 5.28. The van der Waals surface area contributed by atoms with Gasteiger partial charge in [0.1, 0.15) is 6.10 Å². The second kappa shape index (κ2) is 6.79. The topological polar surface area (TPSA) is 29.5 Å². The van der Waals surface area contributed by atoms with Crippen molar-refractivity contribution in [2.24, 2.45) is 0 Å². The normalized spacial score (nSPS) is 12.4. The summed E-state index contributed by atoms with van der Waals surface area (Å²) in [5.41, 5.74) is 0. The molecule has 2 heteroatoms. The van der Waals surface area contributed by atoms with Crippen molar-refractivity contribution in [2.45, 2.75) is 39.2 Å². The molecule has 0 aliphatic rings. The quantitative estimate of drug-likeness (QED) is 0.740. The molecule has 1 rings (SSSR count). The highest BCUT2D eigenvalue weighted by atomic mass is 16.5. The Morgan fingerprint density at radius 1 is 1.44 bits per heavy atom. The molecule has 2 nitrogen and oxygen atoms in total. The van der Waals surface area contributed by atoms with Gasteiger partial charge in [-0.05, 0) is 31.0 Å². The van der Waals surface area contributed by atoms with Crippen molar-refractivity contribution >= 4 is 0 Å². The van der Waals surface area contributed by atoms with Gasteiger partial charge in [0.05, 0.1) is 0 Å². The molecule has 16 heavy (non-hydrogen) atoms. The molecule has 0 saturated carbocycles. The van der Waals surface area contributed by atoms with E-state index in [1.165, 1.54) is 0 Å². The lowest BCUT2D eigenvalue weighted by atomic mass is 10.2. The number of rotatable bonds is 6. The van der Waals surface area contributed by atoms with E-state index in [4.69, 9.17) is 4.74 Å². The van der Waals surface area contributed by atoms with Gasteiger partial charge < -0.3 is 9.84 Å². The minimum atomic E-state index is 0.0282. The molecule has 0 aliphatic heterocycles. The number of aromatic hydroxyl groups is 1. The van der Waals surface area contributed by atoms with E-state index in [1.807, 2.05) is 0 Å². The van der Waals surface area contributed by atoms with E-state index in [9.17, 15) is 5.11 Å². The maximum absolute atomic E-state index is 9.50. The Morgan fingerprint density at radius 2 is 2.25 bits per heavy atom. The summed E-state index contributed by atoms with van der Waals surface area (Å²) in [6.45, 7) is 4.17. The summed E-state index contributed by atoms with van der Waals surface area (Å²) >= 11 is 0. The molecule has 0 aliphatic carbocycles. The van der Waals surface area contributed by atoms with Crippen molar-refractivity contribution in [3.8, 4) is 11.5 Å². The second-order valence-corrected chi connectivity index (χ2v) is 3.58. The van der Waals surface area contributed by atoms with Crippen LogP contribution in [0.2, 0.25) is 0 Å². The Morgan fingerprint density at radius 3 is 2.88 bits per heavy atom. The van der Waals surface area contributed by atoms with Gasteiger partial charge in [0, 0.05) is 6.42 Å². The first kappa shape index (κ1) is 12.4. The molecule has 0 aromatic heterocycles. The monoisotopic (exact) mass is 218 g/mol. The van der Waals surface area contributed by atoms with Crippen LogP contribution in [0.4, 0.5) is 0 Å². The molecule has 0 bridgehead atoms. The van der Waals surface area contributed by atoms with Gasteiger partial charge in [-0.15, -0.1) is 0 Å². The minimum absolute atomic E-state index is 0.0282. The van der Waals surface area contributed by atoms with Crippen molar-refractivity contribution in [1.29, 1.82) is 0 Å². The van der Waals surface area contributed by atoms with Gasteiger partial charge in [-0.1, -0.05) is 32.1 Å². The summed E-state index contributed by atoms with van der Waals surface area (Å²) < 4.78 is 5.69. The van der Waals surface area contributed by atoms with E-state index >= 15 is 0 Å². The predicted octanol–water partition coefficient (Wildman–Crippen LogP) is 3.51. The number of allylic oxidation sites excluding steroid dienone is 1. The van der Waals surface area contributed by atoms with E-state index in [1.54, 1.807) is 12.1 Å². The largest absolute Gasteiger partial charge is 0.498 e. The summed E-state index contributed by atoms with van der Waals surface area (Å²) in [5, 5.41) is 9.50. The van der Waals surface area contributed by atoms with E-state index in [0.29, 0.717) is 5.75 Å². The molecule has 0 saturated heterocycles. The van der Waals surface area contributed by atoms with Crippen molar-refractivity contribution in [1.82, 2.24) is 0 Å². The fraction of sp³-hybridized carbons (Fsp3) is 0.429. The van der Waals surface area contributed by atoms with Crippen LogP contribution in [0.3, 0.4) is 0 Å². The first-order valence-electron chi connectivity index (χ1n) is 5.70. The first-order valence-corrected chi connectivity index (χ1v) is 5.70. The Labute approximate surface area is 97.6 Å². The smallest absolute Gasteiger partial charge is 0.210 e. The van der Waals surface area contributed by atoms with Gasteiger partial charge in [-0.3, -0.25) is 0 Å². The zero-order valence-corrected chi connectivity index (χ0v) is 9.86. The van der Waals surface area contributed by atoms with Crippen LogP contribution in [-0.4, -0.2) is 11.2 Å². The predicted molar refractivity (Wildman–Crippen MR) is 64.5 cm³/mol. The highest BCUT2D eigenvalue weighted by Gasteiger charge is 2.08. The molecule has 1 N–H and O–H groups in total. The van der Waals surface area contributed by atoms with Gasteiger partial charge in [0.25, 0.3) is 0 Å². The van der Waals surface area contributed by atoms with Crippen molar-refractivity contribution in [3.05, 3.63) is 36.4 Å². The molecule has 86 valence electrons. The number of hydrogen-bond acceptors (Lipinski definition) is 2. The van der Waals surface area contributed by atoms with Gasteiger partial charge in [0.2, 0.25) is 5.75 Å². The third-order valence-corrected chi connectivity index (χ3v) is 2.29. The first-order chi connectivity index (χ1) is 7.77. The summed E-state index contributed by atoms with van der Waals surface area (Å²) in [6, 6.07) is 8.65. The van der Waals surface area contributed by atoms with E-state index < -0.39 is 0 Å². The summed E-state index contributed by atoms with van der Waals surface area (Å²) in [7, 11) is 0. The highest BCUT2D eigenvalue weighted by molar-refractivity contribution is 5.34. The fourth-order valence-electron chi connectivity index (χ4n) is 1.36. The maximum atomic E-state index is 9.50. The maximum Gasteiger partial charge on any atom is 0.210 e. The van der Waals surface area contributed by atoms with Crippen LogP contribution in [-0.2, 0) is 0 Å². The molecular formula is C14H18O2. The van der Waals surface area contributed by atoms with Crippen LogP contribution in [0, 0.1) is 12.1 Å². The van der Waals surface area contributed by atoms with E-state index in [0.717, 1.165) is 19.3 Å². The average molecular weight is 218 g/mol. The third-order valence-electron chi connectivity index (χ3n) is 2.29. The summed E-state index contributed by atoms with van der Waals surface area (Å²) in [6.07, 6.45) is 7.15. The van der Waals surface area contributed by atoms with Crippen LogP contribution in [0.25, 0.3) is 0 Å². The molecule has 0 spiro atoms. The third kappa shape index (κ3) is 3.86. The van der Waals surface area contributed by atoms with Crippen LogP contribution in [0.1, 0.15) is 33.1 Å². The van der Waals surface area contributed by atoms with Crippen molar-refractivity contribution < 1.29 is 9.84 Å². The van der Waals surface area contributed by atoms with Crippen molar-refractivity contribution in [2.75, 3.05) is 0 Å². The van der Waals surface area contributed by atoms with Gasteiger partial charge in [0.15, 0.2) is 5.75 Å². The van der Waals surface area contributed by atoms with E-state index in [-0.39, 0.29) is 11.9 Å². The second-order valence-electron chi connectivity index (χ2n) is 3.58. The fourth-order valence-corrected chi connectivity index (χ4v) is 1.36. The van der Waals surface area contributed by atoms with Gasteiger partial charge in [-0.25, -0.2) is 0 Å². The number of hydrogen-bond donors (Lipinski definition) is 1. The average Bonchev–Trinajstić information content (AvgIpc) is 2.30. The lowest BCUT2D eigenvalue weighted by Crippen LogP contribution is -2.14. The lowest BCUT2D eigenvalue weighted by molar-refractivity contribution is 0.193. The molecule has 0 heterocycles. The van der Waals surface area contributed by atoms with Crippen LogP contribution in [0.15, 0.2) is 24.3 Å². The van der Waals surface area contributed by atoms with Gasteiger partial charge in [-0.2, -0.15) is 0 Å².